The van der Waals surface area contributed by atoms with Crippen LogP contribution >= 0.6 is 0 Å². The van der Waals surface area contributed by atoms with E-state index in [0.29, 0.717) is 6.10 Å². The lowest BCUT2D eigenvalue weighted by Crippen LogP contribution is -2.34. The maximum absolute atomic E-state index is 6.27. The Bertz CT molecular complexity index is 207. The van der Waals surface area contributed by atoms with E-state index in [2.05, 4.69) is 46.2 Å². The SMILES string of the molecule is CCCCCC(CCO[Si](C)(C)C)O[Si](C)(C)C. The van der Waals surface area contributed by atoms with Crippen LogP contribution in [0.4, 0.5) is 0 Å². The van der Waals surface area contributed by atoms with Gasteiger partial charge in [0.1, 0.15) is 0 Å². The molecule has 0 aliphatic carbocycles. The highest BCUT2D eigenvalue weighted by molar-refractivity contribution is 6.70. The zero-order valence-corrected chi connectivity index (χ0v) is 15.6. The maximum Gasteiger partial charge on any atom is 0.184 e. The van der Waals surface area contributed by atoms with E-state index in [1.165, 1.54) is 25.7 Å². The van der Waals surface area contributed by atoms with Crippen LogP contribution in [0.3, 0.4) is 0 Å². The van der Waals surface area contributed by atoms with Crippen LogP contribution in [0.25, 0.3) is 0 Å². The average Bonchev–Trinajstić information content (AvgIpc) is 2.13. The van der Waals surface area contributed by atoms with Gasteiger partial charge >= 0.3 is 0 Å². The van der Waals surface area contributed by atoms with Crippen molar-refractivity contribution in [2.24, 2.45) is 0 Å². The molecule has 0 N–H and O–H groups in total. The van der Waals surface area contributed by atoms with E-state index in [1.54, 1.807) is 0 Å². The van der Waals surface area contributed by atoms with E-state index in [4.69, 9.17) is 8.85 Å². The molecule has 18 heavy (non-hydrogen) atoms. The molecule has 0 heterocycles. The highest BCUT2D eigenvalue weighted by Crippen LogP contribution is 2.17. The van der Waals surface area contributed by atoms with Crippen molar-refractivity contribution in [2.75, 3.05) is 6.61 Å². The molecule has 0 aromatic carbocycles. The minimum Gasteiger partial charge on any atom is -0.418 e. The van der Waals surface area contributed by atoms with E-state index in [-0.39, 0.29) is 0 Å². The molecule has 0 aliphatic heterocycles. The van der Waals surface area contributed by atoms with Gasteiger partial charge in [0.05, 0.1) is 0 Å². The highest BCUT2D eigenvalue weighted by Gasteiger charge is 2.22. The van der Waals surface area contributed by atoms with Crippen LogP contribution in [0.15, 0.2) is 0 Å². The fourth-order valence-electron chi connectivity index (χ4n) is 1.88. The quantitative estimate of drug-likeness (QED) is 0.415. The molecule has 1 unspecified atom stereocenters. The van der Waals surface area contributed by atoms with Crippen LogP contribution in [0.5, 0.6) is 0 Å². The molecule has 0 rings (SSSR count). The molecule has 0 spiro atoms. The van der Waals surface area contributed by atoms with E-state index in [1.807, 2.05) is 0 Å². The summed E-state index contributed by atoms with van der Waals surface area (Å²) in [6, 6.07) is 0. The zero-order chi connectivity index (χ0) is 14.2. The van der Waals surface area contributed by atoms with Crippen LogP contribution in [0.1, 0.15) is 39.0 Å². The van der Waals surface area contributed by atoms with Gasteiger partial charge < -0.3 is 8.85 Å². The van der Waals surface area contributed by atoms with Gasteiger partial charge in [-0.1, -0.05) is 26.2 Å². The van der Waals surface area contributed by atoms with Crippen molar-refractivity contribution in [3.63, 3.8) is 0 Å². The highest BCUT2D eigenvalue weighted by atomic mass is 28.4. The Morgan fingerprint density at radius 3 is 1.89 bits per heavy atom. The summed E-state index contributed by atoms with van der Waals surface area (Å²) in [7, 11) is -2.79. The van der Waals surface area contributed by atoms with Crippen molar-refractivity contribution in [2.45, 2.75) is 84.4 Å². The molecule has 2 nitrogen and oxygen atoms in total. The second-order valence-electron chi connectivity index (χ2n) is 7.10. The first-order valence-corrected chi connectivity index (χ1v) is 14.3. The molecule has 0 saturated carbocycles. The summed E-state index contributed by atoms with van der Waals surface area (Å²) in [5, 5.41) is 0. The summed E-state index contributed by atoms with van der Waals surface area (Å²) >= 11 is 0. The molecule has 110 valence electrons. The third kappa shape index (κ3) is 12.8. The number of hydrogen-bond donors (Lipinski definition) is 0. The minimum absolute atomic E-state index is 0.416. The second-order valence-corrected chi connectivity index (χ2v) is 16.1. The Labute approximate surface area is 117 Å². The smallest absolute Gasteiger partial charge is 0.184 e. The molecular formula is C14H34O2Si2. The largest absolute Gasteiger partial charge is 0.418 e. The monoisotopic (exact) mass is 290 g/mol. The van der Waals surface area contributed by atoms with Crippen LogP contribution in [0, 0.1) is 0 Å². The van der Waals surface area contributed by atoms with Crippen molar-refractivity contribution < 1.29 is 8.85 Å². The summed E-state index contributed by atoms with van der Waals surface area (Å²) in [6.07, 6.45) is 6.58. The first-order valence-electron chi connectivity index (χ1n) is 7.46. The number of rotatable bonds is 10. The molecule has 0 aromatic heterocycles. The van der Waals surface area contributed by atoms with Gasteiger partial charge in [0.25, 0.3) is 0 Å². The van der Waals surface area contributed by atoms with Gasteiger partial charge in [-0.05, 0) is 52.1 Å². The molecule has 0 radical (unpaired) electrons. The van der Waals surface area contributed by atoms with Gasteiger partial charge in [-0.2, -0.15) is 0 Å². The first-order chi connectivity index (χ1) is 8.14. The molecule has 0 saturated heterocycles. The van der Waals surface area contributed by atoms with Crippen molar-refractivity contribution in [3.8, 4) is 0 Å². The van der Waals surface area contributed by atoms with Gasteiger partial charge in [-0.3, -0.25) is 0 Å². The van der Waals surface area contributed by atoms with Crippen LogP contribution in [0.2, 0.25) is 39.3 Å². The molecule has 4 heteroatoms. The Kier molecular flexibility index (Phi) is 8.68. The van der Waals surface area contributed by atoms with E-state index in [9.17, 15) is 0 Å². The summed E-state index contributed by atoms with van der Waals surface area (Å²) in [5.41, 5.74) is 0. The van der Waals surface area contributed by atoms with Gasteiger partial charge in [0.15, 0.2) is 16.6 Å². The predicted octanol–water partition coefficient (Wildman–Crippen LogP) is 5.03. The van der Waals surface area contributed by atoms with E-state index >= 15 is 0 Å². The normalized spacial score (nSPS) is 14.8. The predicted molar refractivity (Wildman–Crippen MR) is 86.3 cm³/mol. The molecule has 0 bridgehead atoms. The fraction of sp³-hybridized carbons (Fsp3) is 1.00. The number of hydrogen-bond acceptors (Lipinski definition) is 2. The van der Waals surface area contributed by atoms with Gasteiger partial charge in [0, 0.05) is 12.7 Å². The second kappa shape index (κ2) is 8.51. The lowest BCUT2D eigenvalue weighted by atomic mass is 10.1. The number of unbranched alkanes of at least 4 members (excludes halogenated alkanes) is 2. The standard InChI is InChI=1S/C14H34O2Si2/c1-8-9-10-11-14(16-18(5,6)7)12-13-15-17(2,3)4/h14H,8-13H2,1-7H3. The molecule has 0 fully saturated rings. The maximum atomic E-state index is 6.27. The Hall–Kier alpha value is 0.354. The average molecular weight is 291 g/mol. The molecule has 0 aliphatic rings. The topological polar surface area (TPSA) is 18.5 Å². The zero-order valence-electron chi connectivity index (χ0n) is 13.6. The Morgan fingerprint density at radius 1 is 0.833 bits per heavy atom. The summed E-state index contributed by atoms with van der Waals surface area (Å²) in [6.45, 7) is 16.7. The lowest BCUT2D eigenvalue weighted by Gasteiger charge is -2.27. The van der Waals surface area contributed by atoms with Crippen molar-refractivity contribution in [1.29, 1.82) is 0 Å². The lowest BCUT2D eigenvalue weighted by molar-refractivity contribution is 0.142. The summed E-state index contributed by atoms with van der Waals surface area (Å²) in [5.74, 6) is 0. The molecular weight excluding hydrogens is 256 g/mol. The van der Waals surface area contributed by atoms with Crippen molar-refractivity contribution >= 4 is 16.6 Å². The Balaban J connectivity index is 4.04. The van der Waals surface area contributed by atoms with Crippen molar-refractivity contribution in [3.05, 3.63) is 0 Å². The fourth-order valence-corrected chi connectivity index (χ4v) is 3.85. The summed E-state index contributed by atoms with van der Waals surface area (Å²) < 4.78 is 12.2. The minimum atomic E-state index is -1.42. The Morgan fingerprint density at radius 2 is 1.44 bits per heavy atom. The van der Waals surface area contributed by atoms with E-state index < -0.39 is 16.6 Å². The molecule has 0 amide bonds. The third-order valence-electron chi connectivity index (χ3n) is 2.62. The van der Waals surface area contributed by atoms with Crippen LogP contribution in [-0.2, 0) is 8.85 Å². The molecule has 1 atom stereocenters. The summed E-state index contributed by atoms with van der Waals surface area (Å²) in [4.78, 5) is 0. The van der Waals surface area contributed by atoms with Crippen LogP contribution < -0.4 is 0 Å². The van der Waals surface area contributed by atoms with E-state index in [0.717, 1.165) is 13.0 Å². The van der Waals surface area contributed by atoms with Crippen LogP contribution in [-0.4, -0.2) is 29.3 Å². The first kappa shape index (κ1) is 18.4. The van der Waals surface area contributed by atoms with Gasteiger partial charge in [-0.25, -0.2) is 0 Å². The van der Waals surface area contributed by atoms with Crippen molar-refractivity contribution in [1.82, 2.24) is 0 Å². The third-order valence-corrected chi connectivity index (χ3v) is 4.74. The van der Waals surface area contributed by atoms with Gasteiger partial charge in [-0.15, -0.1) is 0 Å². The van der Waals surface area contributed by atoms with Gasteiger partial charge in [0.2, 0.25) is 0 Å². The molecule has 0 aromatic rings.